The molecule has 0 spiro atoms. The third-order valence-electron chi connectivity index (χ3n) is 2.61. The van der Waals surface area contributed by atoms with Crippen molar-refractivity contribution in [2.24, 2.45) is 5.10 Å². The van der Waals surface area contributed by atoms with Crippen LogP contribution < -0.4 is 5.43 Å². The summed E-state index contributed by atoms with van der Waals surface area (Å²) in [6.07, 6.45) is 1.61. The predicted octanol–water partition coefficient (Wildman–Crippen LogP) is 3.52. The number of hydrogen-bond acceptors (Lipinski definition) is 2. The second kappa shape index (κ2) is 6.29. The molecule has 2 rings (SSSR count). The molecule has 1 amide bonds. The van der Waals surface area contributed by atoms with Crippen molar-refractivity contribution >= 4 is 28.1 Å². The lowest BCUT2D eigenvalue weighted by molar-refractivity contribution is 0.0955. The van der Waals surface area contributed by atoms with Gasteiger partial charge >= 0.3 is 0 Å². The second-order valence-electron chi connectivity index (χ2n) is 4.07. The molecule has 19 heavy (non-hydrogen) atoms. The molecule has 0 heterocycles. The van der Waals surface area contributed by atoms with Gasteiger partial charge in [-0.05, 0) is 30.2 Å². The third kappa shape index (κ3) is 3.76. The Labute approximate surface area is 120 Å². The average Bonchev–Trinajstić information content (AvgIpc) is 2.43. The van der Waals surface area contributed by atoms with Gasteiger partial charge < -0.3 is 0 Å². The van der Waals surface area contributed by atoms with Crippen LogP contribution in [0.5, 0.6) is 0 Å². The van der Waals surface area contributed by atoms with Crippen LogP contribution in [0.3, 0.4) is 0 Å². The van der Waals surface area contributed by atoms with Crippen molar-refractivity contribution in [3.05, 3.63) is 69.7 Å². The van der Waals surface area contributed by atoms with E-state index in [1.165, 1.54) is 0 Å². The van der Waals surface area contributed by atoms with Crippen LogP contribution in [0.15, 0.2) is 58.1 Å². The predicted molar refractivity (Wildman–Crippen MR) is 80.4 cm³/mol. The second-order valence-corrected chi connectivity index (χ2v) is 4.93. The van der Waals surface area contributed by atoms with Crippen molar-refractivity contribution in [3.63, 3.8) is 0 Å². The summed E-state index contributed by atoms with van der Waals surface area (Å²) in [5.74, 6) is -0.229. The Morgan fingerprint density at radius 2 is 1.95 bits per heavy atom. The van der Waals surface area contributed by atoms with Crippen molar-refractivity contribution < 1.29 is 4.79 Å². The van der Waals surface area contributed by atoms with E-state index in [0.717, 1.165) is 15.6 Å². The fraction of sp³-hybridized carbons (Fsp3) is 0.0667. The molecular formula is C15H13BrN2O. The number of nitrogens with one attached hydrogen (secondary N) is 1. The number of carbonyl (C=O) groups is 1. The minimum absolute atomic E-state index is 0.229. The molecule has 0 aromatic heterocycles. The summed E-state index contributed by atoms with van der Waals surface area (Å²) in [6, 6.07) is 15.0. The van der Waals surface area contributed by atoms with Gasteiger partial charge in [0.25, 0.3) is 5.91 Å². The molecule has 0 fully saturated rings. The maximum atomic E-state index is 11.9. The van der Waals surface area contributed by atoms with E-state index < -0.39 is 0 Å². The first-order valence-electron chi connectivity index (χ1n) is 5.81. The number of benzene rings is 2. The van der Waals surface area contributed by atoms with E-state index in [1.807, 2.05) is 43.3 Å². The lowest BCUT2D eigenvalue weighted by atomic mass is 10.1. The van der Waals surface area contributed by atoms with E-state index in [4.69, 9.17) is 0 Å². The van der Waals surface area contributed by atoms with Crippen molar-refractivity contribution in [1.82, 2.24) is 5.43 Å². The zero-order chi connectivity index (χ0) is 13.7. The zero-order valence-electron chi connectivity index (χ0n) is 10.4. The van der Waals surface area contributed by atoms with Crippen LogP contribution in [0, 0.1) is 6.92 Å². The molecule has 0 atom stereocenters. The fourth-order valence-corrected chi connectivity index (χ4v) is 1.88. The first-order valence-corrected chi connectivity index (χ1v) is 6.61. The van der Waals surface area contributed by atoms with Crippen LogP contribution in [-0.2, 0) is 0 Å². The maximum Gasteiger partial charge on any atom is 0.271 e. The summed E-state index contributed by atoms with van der Waals surface area (Å²) in [7, 11) is 0. The summed E-state index contributed by atoms with van der Waals surface area (Å²) >= 11 is 3.40. The average molecular weight is 317 g/mol. The minimum atomic E-state index is -0.229. The normalized spacial score (nSPS) is 10.6. The number of halogens is 1. The van der Waals surface area contributed by atoms with Crippen LogP contribution in [-0.4, -0.2) is 12.1 Å². The van der Waals surface area contributed by atoms with Crippen molar-refractivity contribution in [2.45, 2.75) is 6.92 Å². The van der Waals surface area contributed by atoms with Gasteiger partial charge in [-0.2, -0.15) is 5.10 Å². The maximum absolute atomic E-state index is 11.9. The Bertz CT molecular complexity index is 609. The standard InChI is InChI=1S/C15H13BrN2O/c1-11-7-8-13(9-14(11)16)15(19)18-17-10-12-5-3-2-4-6-12/h2-10H,1H3,(H,18,19). The Kier molecular flexibility index (Phi) is 4.47. The summed E-state index contributed by atoms with van der Waals surface area (Å²) in [5, 5.41) is 3.93. The molecule has 4 heteroatoms. The van der Waals surface area contributed by atoms with Crippen molar-refractivity contribution in [3.8, 4) is 0 Å². The summed E-state index contributed by atoms with van der Waals surface area (Å²) < 4.78 is 0.909. The summed E-state index contributed by atoms with van der Waals surface area (Å²) in [5.41, 5.74) is 5.10. The lowest BCUT2D eigenvalue weighted by Gasteiger charge is -2.02. The highest BCUT2D eigenvalue weighted by molar-refractivity contribution is 9.10. The number of hydrogen-bond donors (Lipinski definition) is 1. The molecule has 0 saturated carbocycles. The Morgan fingerprint density at radius 3 is 2.63 bits per heavy atom. The molecule has 1 N–H and O–H groups in total. The molecule has 0 radical (unpaired) electrons. The zero-order valence-corrected chi connectivity index (χ0v) is 12.0. The molecule has 2 aromatic rings. The molecule has 2 aromatic carbocycles. The van der Waals surface area contributed by atoms with Crippen LogP contribution in [0.25, 0.3) is 0 Å². The van der Waals surface area contributed by atoms with E-state index in [2.05, 4.69) is 26.5 Å². The topological polar surface area (TPSA) is 41.5 Å². The molecule has 96 valence electrons. The van der Waals surface area contributed by atoms with E-state index in [0.29, 0.717) is 5.56 Å². The van der Waals surface area contributed by atoms with Gasteiger partial charge in [0.15, 0.2) is 0 Å². The summed E-state index contributed by atoms with van der Waals surface area (Å²) in [4.78, 5) is 11.9. The summed E-state index contributed by atoms with van der Waals surface area (Å²) in [6.45, 7) is 1.97. The highest BCUT2D eigenvalue weighted by Gasteiger charge is 2.05. The lowest BCUT2D eigenvalue weighted by Crippen LogP contribution is -2.17. The molecule has 0 aliphatic carbocycles. The number of nitrogens with zero attached hydrogens (tertiary/aromatic N) is 1. The number of carbonyl (C=O) groups excluding carboxylic acids is 1. The van der Waals surface area contributed by atoms with Gasteiger partial charge in [0, 0.05) is 10.0 Å². The molecular weight excluding hydrogens is 304 g/mol. The number of rotatable bonds is 3. The van der Waals surface area contributed by atoms with Gasteiger partial charge in [-0.25, -0.2) is 5.43 Å². The molecule has 0 saturated heterocycles. The number of amides is 1. The Balaban J connectivity index is 2.01. The molecule has 0 bridgehead atoms. The monoisotopic (exact) mass is 316 g/mol. The van der Waals surface area contributed by atoms with Crippen LogP contribution in [0.4, 0.5) is 0 Å². The van der Waals surface area contributed by atoms with Crippen LogP contribution in [0.2, 0.25) is 0 Å². The van der Waals surface area contributed by atoms with Gasteiger partial charge in [0.1, 0.15) is 0 Å². The van der Waals surface area contributed by atoms with Gasteiger partial charge in [0.05, 0.1) is 6.21 Å². The van der Waals surface area contributed by atoms with Gasteiger partial charge in [-0.15, -0.1) is 0 Å². The highest BCUT2D eigenvalue weighted by atomic mass is 79.9. The highest BCUT2D eigenvalue weighted by Crippen LogP contribution is 2.17. The van der Waals surface area contributed by atoms with Gasteiger partial charge in [-0.3, -0.25) is 4.79 Å². The quantitative estimate of drug-likeness (QED) is 0.683. The van der Waals surface area contributed by atoms with Crippen LogP contribution in [0.1, 0.15) is 21.5 Å². The Hall–Kier alpha value is -1.94. The fourth-order valence-electron chi connectivity index (χ4n) is 1.50. The number of aryl methyl sites for hydroxylation is 1. The van der Waals surface area contributed by atoms with E-state index in [-0.39, 0.29) is 5.91 Å². The SMILES string of the molecule is Cc1ccc(C(=O)NN=Cc2ccccc2)cc1Br. The molecule has 0 aliphatic rings. The molecule has 0 unspecified atom stereocenters. The van der Waals surface area contributed by atoms with E-state index in [9.17, 15) is 4.79 Å². The number of hydrazone groups is 1. The van der Waals surface area contributed by atoms with Crippen molar-refractivity contribution in [2.75, 3.05) is 0 Å². The first-order chi connectivity index (χ1) is 9.16. The smallest absolute Gasteiger partial charge is 0.267 e. The van der Waals surface area contributed by atoms with Crippen molar-refractivity contribution in [1.29, 1.82) is 0 Å². The van der Waals surface area contributed by atoms with E-state index >= 15 is 0 Å². The Morgan fingerprint density at radius 1 is 1.21 bits per heavy atom. The van der Waals surface area contributed by atoms with Gasteiger partial charge in [-0.1, -0.05) is 52.3 Å². The first kappa shape index (κ1) is 13.5. The van der Waals surface area contributed by atoms with E-state index in [1.54, 1.807) is 18.3 Å². The minimum Gasteiger partial charge on any atom is -0.267 e. The van der Waals surface area contributed by atoms with Crippen LogP contribution >= 0.6 is 15.9 Å². The van der Waals surface area contributed by atoms with Gasteiger partial charge in [0.2, 0.25) is 0 Å². The third-order valence-corrected chi connectivity index (χ3v) is 3.47. The largest absolute Gasteiger partial charge is 0.271 e. The molecule has 0 aliphatic heterocycles. The molecule has 3 nitrogen and oxygen atoms in total.